The average molecular weight is 715 g/mol. The summed E-state index contributed by atoms with van der Waals surface area (Å²) in [5.41, 5.74) is -1.23. The number of aromatic nitrogens is 2. The van der Waals surface area contributed by atoms with Gasteiger partial charge < -0.3 is 19.9 Å². The second-order valence-electron chi connectivity index (χ2n) is 12.2. The van der Waals surface area contributed by atoms with Gasteiger partial charge in [-0.3, -0.25) is 9.59 Å². The van der Waals surface area contributed by atoms with E-state index in [1.807, 2.05) is 27.7 Å². The molecule has 0 aromatic carbocycles. The summed E-state index contributed by atoms with van der Waals surface area (Å²) in [6.45, 7) is 15.3. The lowest BCUT2D eigenvalue weighted by Gasteiger charge is -2.24. The number of alkyl halides is 3. The predicted molar refractivity (Wildman–Crippen MR) is 170 cm³/mol. The molecule has 0 aliphatic rings. The van der Waals surface area contributed by atoms with Gasteiger partial charge in [-0.2, -0.15) is 13.2 Å². The number of nitrogens with zero attached hydrogens (tertiary/aromatic N) is 2. The Bertz CT molecular complexity index is 1550. The third-order valence-electron chi connectivity index (χ3n) is 6.55. The Hall–Kier alpha value is -3.13. The van der Waals surface area contributed by atoms with Gasteiger partial charge in [0.2, 0.25) is 31.9 Å². The van der Waals surface area contributed by atoms with Crippen molar-refractivity contribution in [1.29, 1.82) is 0 Å². The molecule has 4 N–H and O–H groups in total. The van der Waals surface area contributed by atoms with Crippen LogP contribution in [0.15, 0.2) is 28.9 Å². The first-order valence-electron chi connectivity index (χ1n) is 14.5. The van der Waals surface area contributed by atoms with Crippen LogP contribution in [-0.4, -0.2) is 74.6 Å². The minimum atomic E-state index is -4.55. The van der Waals surface area contributed by atoms with Crippen LogP contribution in [-0.2, 0) is 46.0 Å². The molecule has 2 heterocycles. The van der Waals surface area contributed by atoms with Crippen LogP contribution in [0.3, 0.4) is 0 Å². The average Bonchev–Trinajstić information content (AvgIpc) is 3.43. The van der Waals surface area contributed by atoms with Gasteiger partial charge >= 0.3 is 6.18 Å². The fourth-order valence-electron chi connectivity index (χ4n) is 3.09. The van der Waals surface area contributed by atoms with Crippen LogP contribution in [0.1, 0.15) is 80.1 Å². The van der Waals surface area contributed by atoms with Crippen molar-refractivity contribution in [3.63, 3.8) is 0 Å². The summed E-state index contributed by atoms with van der Waals surface area (Å²) in [5, 5.41) is 8.45. The molecule has 2 rings (SSSR count). The zero-order chi connectivity index (χ0) is 36.5. The molecule has 19 heteroatoms. The number of carbonyl (C=O) groups excluding carboxylic acids is 2. The van der Waals surface area contributed by atoms with E-state index >= 15 is 0 Å². The lowest BCUT2D eigenvalue weighted by Crippen LogP contribution is -2.50. The summed E-state index contributed by atoms with van der Waals surface area (Å²) in [6.07, 6.45) is -3.35. The van der Waals surface area contributed by atoms with Crippen molar-refractivity contribution in [2.45, 2.75) is 89.8 Å². The van der Waals surface area contributed by atoms with E-state index in [0.29, 0.717) is 25.0 Å². The number of amides is 2. The van der Waals surface area contributed by atoms with Gasteiger partial charge in [-0.05, 0) is 53.2 Å². The molecular weight excluding hydrogens is 669 g/mol. The van der Waals surface area contributed by atoms with Crippen molar-refractivity contribution in [2.24, 2.45) is 0 Å². The molecule has 0 spiro atoms. The minimum absolute atomic E-state index is 0.00852. The Morgan fingerprint density at radius 2 is 1.34 bits per heavy atom. The van der Waals surface area contributed by atoms with Gasteiger partial charge in [0.15, 0.2) is 15.3 Å². The molecule has 0 bridgehead atoms. The summed E-state index contributed by atoms with van der Waals surface area (Å²) in [5.74, 6) is -0.967. The molecule has 47 heavy (non-hydrogen) atoms. The van der Waals surface area contributed by atoms with Crippen molar-refractivity contribution in [3.05, 3.63) is 35.7 Å². The smallest absolute Gasteiger partial charge is 0.380 e. The molecular formula is C28H45F3N6O8S2. The van der Waals surface area contributed by atoms with Gasteiger partial charge in [-0.25, -0.2) is 31.3 Å². The topological polar surface area (TPSA) is 199 Å². The SMILES string of the molecule is CCCNS(=O)(=O)C(C)(C)C(=O)Nc1cc(C(C)(C)C)on1.CCOCCNS(=O)(=O)C(C)(C)C(=O)Nc1ccc(C(F)(F)F)cn1. The Morgan fingerprint density at radius 3 is 1.74 bits per heavy atom. The highest BCUT2D eigenvalue weighted by atomic mass is 32.2. The maximum Gasteiger partial charge on any atom is 0.417 e. The first kappa shape index (κ1) is 41.9. The second kappa shape index (κ2) is 16.3. The Labute approximate surface area is 274 Å². The minimum Gasteiger partial charge on any atom is -0.380 e. The van der Waals surface area contributed by atoms with Gasteiger partial charge in [0, 0.05) is 37.4 Å². The van der Waals surface area contributed by atoms with E-state index in [4.69, 9.17) is 9.26 Å². The van der Waals surface area contributed by atoms with E-state index in [1.165, 1.54) is 27.7 Å². The standard InChI is InChI=1S/C14H20F3N3O4S.C14H25N3O4S/c1-4-24-8-7-19-25(22,23)13(2,3)12(21)20-11-6-5-10(9-18-11)14(15,16)17;1-7-8-15-22(19,20)14(5,6)12(18)16-11-9-10(21-17-11)13(2,3)4/h5-6,9,19H,4,7-8H2,1-3H3,(H,18,20,21);9,15H,7-8H2,1-6H3,(H,16,17,18). The van der Waals surface area contributed by atoms with Crippen LogP contribution < -0.4 is 20.1 Å². The van der Waals surface area contributed by atoms with Crippen LogP contribution >= 0.6 is 0 Å². The molecule has 0 unspecified atom stereocenters. The lowest BCUT2D eigenvalue weighted by molar-refractivity contribution is -0.137. The van der Waals surface area contributed by atoms with Crippen LogP contribution in [0.25, 0.3) is 0 Å². The third-order valence-corrected chi connectivity index (χ3v) is 10.8. The third kappa shape index (κ3) is 11.8. The maximum absolute atomic E-state index is 12.5. The lowest BCUT2D eigenvalue weighted by atomic mass is 9.93. The number of anilines is 2. The number of nitrogens with one attached hydrogen (secondary N) is 4. The number of ether oxygens (including phenoxy) is 1. The van der Waals surface area contributed by atoms with Gasteiger partial charge in [-0.15, -0.1) is 0 Å². The van der Waals surface area contributed by atoms with Crippen LogP contribution in [0, 0.1) is 0 Å². The molecule has 14 nitrogen and oxygen atoms in total. The summed E-state index contributed by atoms with van der Waals surface area (Å²) in [6, 6.07) is 3.29. The fraction of sp³-hybridized carbons (Fsp3) is 0.643. The Balaban J connectivity index is 0.000000474. The van der Waals surface area contributed by atoms with E-state index in [9.17, 15) is 39.6 Å². The van der Waals surface area contributed by atoms with Crippen LogP contribution in [0.4, 0.5) is 24.8 Å². The number of carbonyl (C=O) groups is 2. The number of pyridine rings is 1. The summed E-state index contributed by atoms with van der Waals surface area (Å²) in [7, 11) is -7.82. The monoisotopic (exact) mass is 714 g/mol. The van der Waals surface area contributed by atoms with Crippen LogP contribution in [0.5, 0.6) is 0 Å². The maximum atomic E-state index is 12.5. The quantitative estimate of drug-likeness (QED) is 0.209. The molecule has 0 radical (unpaired) electrons. The largest absolute Gasteiger partial charge is 0.417 e. The number of hydrogen-bond acceptors (Lipinski definition) is 10. The van der Waals surface area contributed by atoms with E-state index < -0.39 is 53.1 Å². The molecule has 0 saturated heterocycles. The van der Waals surface area contributed by atoms with E-state index in [-0.39, 0.29) is 36.7 Å². The first-order valence-corrected chi connectivity index (χ1v) is 17.5. The molecule has 0 aliphatic carbocycles. The van der Waals surface area contributed by atoms with Crippen molar-refractivity contribution in [1.82, 2.24) is 19.6 Å². The van der Waals surface area contributed by atoms with Crippen molar-refractivity contribution in [2.75, 3.05) is 36.9 Å². The summed E-state index contributed by atoms with van der Waals surface area (Å²) in [4.78, 5) is 28.0. The normalized spacial score (nSPS) is 13.0. The van der Waals surface area contributed by atoms with E-state index in [2.05, 4.69) is 30.2 Å². The van der Waals surface area contributed by atoms with Crippen molar-refractivity contribution >= 4 is 43.5 Å². The molecule has 0 saturated carbocycles. The fourth-order valence-corrected chi connectivity index (χ4v) is 5.23. The van der Waals surface area contributed by atoms with Crippen molar-refractivity contribution in [3.8, 4) is 0 Å². The zero-order valence-electron chi connectivity index (χ0n) is 28.0. The molecule has 0 fully saturated rings. The van der Waals surface area contributed by atoms with Gasteiger partial charge in [0.05, 0.1) is 12.2 Å². The van der Waals surface area contributed by atoms with E-state index in [1.54, 1.807) is 13.0 Å². The van der Waals surface area contributed by atoms with Gasteiger partial charge in [0.25, 0.3) is 0 Å². The highest BCUT2D eigenvalue weighted by Crippen LogP contribution is 2.29. The molecule has 2 aromatic rings. The predicted octanol–water partition coefficient (Wildman–Crippen LogP) is 3.79. The summed E-state index contributed by atoms with van der Waals surface area (Å²) < 4.78 is 97.6. The van der Waals surface area contributed by atoms with Crippen LogP contribution in [0.2, 0.25) is 0 Å². The molecule has 0 aliphatic heterocycles. The molecule has 268 valence electrons. The van der Waals surface area contributed by atoms with Gasteiger partial charge in [-0.1, -0.05) is 32.9 Å². The highest BCUT2D eigenvalue weighted by molar-refractivity contribution is 7.92. The van der Waals surface area contributed by atoms with E-state index in [0.717, 1.165) is 12.1 Å². The Kier molecular flexibility index (Phi) is 14.5. The Morgan fingerprint density at radius 1 is 0.830 bits per heavy atom. The number of rotatable bonds is 14. The first-order chi connectivity index (χ1) is 21.3. The molecule has 2 amide bonds. The second-order valence-corrected chi connectivity index (χ2v) is 16.8. The number of sulfonamides is 2. The van der Waals surface area contributed by atoms with Crippen molar-refractivity contribution < 1.29 is 48.9 Å². The highest BCUT2D eigenvalue weighted by Gasteiger charge is 2.43. The molecule has 0 atom stereocenters. The number of halogens is 3. The molecule has 2 aromatic heterocycles. The summed E-state index contributed by atoms with van der Waals surface area (Å²) >= 11 is 0. The zero-order valence-corrected chi connectivity index (χ0v) is 29.6. The number of hydrogen-bond donors (Lipinski definition) is 4. The van der Waals surface area contributed by atoms with Gasteiger partial charge in [0.1, 0.15) is 11.6 Å².